The number of carbonyl (C=O) groups is 2. The number of piperazine rings is 1. The number of carbonyl (C=O) groups excluding carboxylic acids is 2. The molecule has 1 saturated heterocycles. The van der Waals surface area contributed by atoms with Gasteiger partial charge in [0.2, 0.25) is 5.91 Å². The number of hydrogen-bond donors (Lipinski definition) is 0. The minimum absolute atomic E-state index is 0.109. The van der Waals surface area contributed by atoms with E-state index in [1.165, 1.54) is 24.3 Å². The lowest BCUT2D eigenvalue weighted by Gasteiger charge is -2.39. The number of nitrogens with zero attached hydrogens (tertiary/aromatic N) is 2. The molecule has 2 aromatic rings. The molecule has 0 bridgehead atoms. The molecule has 2 amide bonds. The highest BCUT2D eigenvalue weighted by molar-refractivity contribution is 6.03. The molecule has 124 valence electrons. The van der Waals surface area contributed by atoms with Crippen LogP contribution >= 0.6 is 0 Å². The maximum atomic E-state index is 13.0. The first-order chi connectivity index (χ1) is 11.5. The fraction of sp³-hybridized carbons (Fsp3) is 0.263. The molecule has 1 unspecified atom stereocenters. The standard InChI is InChI=1S/C19H19FN2O2/c1-13-4-3-5-17(12-13)22-11-10-21(14(2)18(22)23)19(24)15-6-8-16(20)9-7-15/h3-9,12,14H,10-11H2,1-2H3. The summed E-state index contributed by atoms with van der Waals surface area (Å²) in [5.74, 6) is -0.748. The average Bonchev–Trinajstić information content (AvgIpc) is 2.57. The number of aryl methyl sites for hydroxylation is 1. The zero-order valence-electron chi connectivity index (χ0n) is 13.7. The van der Waals surface area contributed by atoms with Crippen LogP contribution in [0.25, 0.3) is 0 Å². The molecular weight excluding hydrogens is 307 g/mol. The summed E-state index contributed by atoms with van der Waals surface area (Å²) in [4.78, 5) is 28.6. The third kappa shape index (κ3) is 3.02. The minimum Gasteiger partial charge on any atom is -0.325 e. The summed E-state index contributed by atoms with van der Waals surface area (Å²) >= 11 is 0. The Morgan fingerprint density at radius 3 is 2.50 bits per heavy atom. The lowest BCUT2D eigenvalue weighted by Crippen LogP contribution is -2.57. The molecule has 0 N–H and O–H groups in total. The van der Waals surface area contributed by atoms with Crippen molar-refractivity contribution in [1.82, 2.24) is 4.90 Å². The van der Waals surface area contributed by atoms with Gasteiger partial charge >= 0.3 is 0 Å². The maximum absolute atomic E-state index is 13.0. The number of hydrogen-bond acceptors (Lipinski definition) is 2. The van der Waals surface area contributed by atoms with E-state index >= 15 is 0 Å². The van der Waals surface area contributed by atoms with Crippen molar-refractivity contribution in [2.45, 2.75) is 19.9 Å². The Morgan fingerprint density at radius 2 is 1.83 bits per heavy atom. The SMILES string of the molecule is Cc1cccc(N2CCN(C(=O)c3ccc(F)cc3)C(C)C2=O)c1. The van der Waals surface area contributed by atoms with Gasteiger partial charge in [-0.05, 0) is 55.8 Å². The molecule has 2 aromatic carbocycles. The largest absolute Gasteiger partial charge is 0.325 e. The van der Waals surface area contributed by atoms with E-state index in [0.717, 1.165) is 11.3 Å². The van der Waals surface area contributed by atoms with Gasteiger partial charge in [0.1, 0.15) is 11.9 Å². The van der Waals surface area contributed by atoms with Crippen LogP contribution in [0, 0.1) is 12.7 Å². The van der Waals surface area contributed by atoms with Gasteiger partial charge in [0.15, 0.2) is 0 Å². The first-order valence-corrected chi connectivity index (χ1v) is 7.92. The van der Waals surface area contributed by atoms with Crippen molar-refractivity contribution >= 4 is 17.5 Å². The van der Waals surface area contributed by atoms with Crippen LogP contribution in [0.2, 0.25) is 0 Å². The van der Waals surface area contributed by atoms with Crippen LogP contribution in [0.15, 0.2) is 48.5 Å². The van der Waals surface area contributed by atoms with Crippen molar-refractivity contribution < 1.29 is 14.0 Å². The van der Waals surface area contributed by atoms with E-state index in [4.69, 9.17) is 0 Å². The van der Waals surface area contributed by atoms with Crippen molar-refractivity contribution in [1.29, 1.82) is 0 Å². The van der Waals surface area contributed by atoms with Gasteiger partial charge in [-0.25, -0.2) is 4.39 Å². The highest BCUT2D eigenvalue weighted by Crippen LogP contribution is 2.22. The Balaban J connectivity index is 1.79. The predicted molar refractivity (Wildman–Crippen MR) is 90.4 cm³/mol. The molecule has 4 nitrogen and oxygen atoms in total. The molecule has 0 saturated carbocycles. The van der Waals surface area contributed by atoms with Crippen LogP contribution in [0.3, 0.4) is 0 Å². The third-order valence-electron chi connectivity index (χ3n) is 4.32. The van der Waals surface area contributed by atoms with E-state index < -0.39 is 6.04 Å². The molecular formula is C19H19FN2O2. The average molecular weight is 326 g/mol. The van der Waals surface area contributed by atoms with Gasteiger partial charge in [0, 0.05) is 24.3 Å². The molecule has 1 aliphatic rings. The van der Waals surface area contributed by atoms with Crippen molar-refractivity contribution in [3.8, 4) is 0 Å². The summed E-state index contributed by atoms with van der Waals surface area (Å²) in [5, 5.41) is 0. The van der Waals surface area contributed by atoms with Crippen molar-refractivity contribution in [3.05, 3.63) is 65.5 Å². The van der Waals surface area contributed by atoms with Crippen LogP contribution in [0.5, 0.6) is 0 Å². The fourth-order valence-corrected chi connectivity index (χ4v) is 2.96. The topological polar surface area (TPSA) is 40.6 Å². The van der Waals surface area contributed by atoms with Crippen LogP contribution < -0.4 is 4.90 Å². The molecule has 0 aliphatic carbocycles. The second kappa shape index (κ2) is 6.43. The van der Waals surface area contributed by atoms with E-state index in [1.807, 2.05) is 31.2 Å². The van der Waals surface area contributed by atoms with E-state index in [0.29, 0.717) is 18.7 Å². The highest BCUT2D eigenvalue weighted by Gasteiger charge is 2.35. The van der Waals surface area contributed by atoms with Gasteiger partial charge in [-0.15, -0.1) is 0 Å². The second-order valence-corrected chi connectivity index (χ2v) is 6.01. The van der Waals surface area contributed by atoms with Gasteiger partial charge in [0.25, 0.3) is 5.91 Å². The van der Waals surface area contributed by atoms with E-state index in [9.17, 15) is 14.0 Å². The molecule has 24 heavy (non-hydrogen) atoms. The number of rotatable bonds is 2. The normalized spacial score (nSPS) is 18.0. The molecule has 1 aliphatic heterocycles. The first kappa shape index (κ1) is 16.2. The van der Waals surface area contributed by atoms with E-state index in [-0.39, 0.29) is 17.6 Å². The number of halogens is 1. The molecule has 0 spiro atoms. The molecule has 1 atom stereocenters. The molecule has 5 heteroatoms. The number of benzene rings is 2. The van der Waals surface area contributed by atoms with Gasteiger partial charge in [-0.2, -0.15) is 0 Å². The zero-order chi connectivity index (χ0) is 17.3. The second-order valence-electron chi connectivity index (χ2n) is 6.01. The Hall–Kier alpha value is -2.69. The summed E-state index contributed by atoms with van der Waals surface area (Å²) in [6, 6.07) is 12.6. The van der Waals surface area contributed by atoms with Crippen LogP contribution in [-0.4, -0.2) is 35.8 Å². The maximum Gasteiger partial charge on any atom is 0.254 e. The lowest BCUT2D eigenvalue weighted by molar-refractivity contribution is -0.124. The summed E-state index contributed by atoms with van der Waals surface area (Å²) in [6.45, 7) is 4.59. The van der Waals surface area contributed by atoms with Gasteiger partial charge in [-0.1, -0.05) is 12.1 Å². The van der Waals surface area contributed by atoms with Gasteiger partial charge in [-0.3, -0.25) is 9.59 Å². The quantitative estimate of drug-likeness (QED) is 0.851. The third-order valence-corrected chi connectivity index (χ3v) is 4.32. The highest BCUT2D eigenvalue weighted by atomic mass is 19.1. The van der Waals surface area contributed by atoms with Crippen molar-refractivity contribution in [2.24, 2.45) is 0 Å². The smallest absolute Gasteiger partial charge is 0.254 e. The molecule has 1 fully saturated rings. The molecule has 0 aromatic heterocycles. The lowest BCUT2D eigenvalue weighted by atomic mass is 10.1. The minimum atomic E-state index is -0.559. The first-order valence-electron chi connectivity index (χ1n) is 7.92. The van der Waals surface area contributed by atoms with Gasteiger partial charge < -0.3 is 9.80 Å². The molecule has 1 heterocycles. The van der Waals surface area contributed by atoms with E-state index in [2.05, 4.69) is 0 Å². The monoisotopic (exact) mass is 326 g/mol. The molecule has 0 radical (unpaired) electrons. The Labute approximate surface area is 140 Å². The number of anilines is 1. The van der Waals surface area contributed by atoms with Crippen molar-refractivity contribution in [3.63, 3.8) is 0 Å². The van der Waals surface area contributed by atoms with Crippen LogP contribution in [0.1, 0.15) is 22.8 Å². The Bertz CT molecular complexity index is 773. The zero-order valence-corrected chi connectivity index (χ0v) is 13.7. The van der Waals surface area contributed by atoms with Crippen LogP contribution in [0.4, 0.5) is 10.1 Å². The van der Waals surface area contributed by atoms with E-state index in [1.54, 1.807) is 16.7 Å². The van der Waals surface area contributed by atoms with Crippen molar-refractivity contribution in [2.75, 3.05) is 18.0 Å². The summed E-state index contributed by atoms with van der Waals surface area (Å²) in [5.41, 5.74) is 2.32. The molecule has 3 rings (SSSR count). The Kier molecular flexibility index (Phi) is 4.34. The predicted octanol–water partition coefficient (Wildman–Crippen LogP) is 3.01. The summed E-state index contributed by atoms with van der Waals surface area (Å²) in [6.07, 6.45) is 0. The van der Waals surface area contributed by atoms with Gasteiger partial charge in [0.05, 0.1) is 0 Å². The Morgan fingerprint density at radius 1 is 1.12 bits per heavy atom. The number of amides is 2. The van der Waals surface area contributed by atoms with Crippen LogP contribution in [-0.2, 0) is 4.79 Å². The summed E-state index contributed by atoms with van der Waals surface area (Å²) < 4.78 is 13.0. The summed E-state index contributed by atoms with van der Waals surface area (Å²) in [7, 11) is 0. The fourth-order valence-electron chi connectivity index (χ4n) is 2.96.